The van der Waals surface area contributed by atoms with Crippen molar-refractivity contribution >= 4 is 21.6 Å². The second-order valence-electron chi connectivity index (χ2n) is 9.63. The van der Waals surface area contributed by atoms with E-state index in [-0.39, 0.29) is 23.4 Å². The zero-order chi connectivity index (χ0) is 25.3. The highest BCUT2D eigenvalue weighted by Gasteiger charge is 2.38. The van der Waals surface area contributed by atoms with Gasteiger partial charge in [-0.3, -0.25) is 9.10 Å². The fourth-order valence-electron chi connectivity index (χ4n) is 5.06. The van der Waals surface area contributed by atoms with Crippen LogP contribution < -0.4 is 14.4 Å². The number of nitrogens with zero attached hydrogens (tertiary/aromatic N) is 1. The molecule has 1 amide bonds. The maximum atomic E-state index is 13.6. The van der Waals surface area contributed by atoms with Crippen LogP contribution in [0.15, 0.2) is 71.6 Å². The highest BCUT2D eigenvalue weighted by molar-refractivity contribution is 7.92. The van der Waals surface area contributed by atoms with Crippen LogP contribution >= 0.6 is 0 Å². The first-order chi connectivity index (χ1) is 17.4. The van der Waals surface area contributed by atoms with Crippen molar-refractivity contribution in [2.75, 3.05) is 10.8 Å². The van der Waals surface area contributed by atoms with Crippen molar-refractivity contribution in [2.45, 2.75) is 63.0 Å². The Hall–Kier alpha value is -3.32. The summed E-state index contributed by atoms with van der Waals surface area (Å²) in [6, 6.07) is 20.0. The van der Waals surface area contributed by atoms with Crippen molar-refractivity contribution in [3.05, 3.63) is 89.0 Å². The minimum Gasteiger partial charge on any atom is -0.476 e. The number of anilines is 1. The maximum Gasteiger partial charge on any atom is 0.264 e. The normalized spacial score (nSPS) is 17.9. The van der Waals surface area contributed by atoms with Gasteiger partial charge in [0.1, 0.15) is 5.75 Å². The van der Waals surface area contributed by atoms with Gasteiger partial charge >= 0.3 is 0 Å². The van der Waals surface area contributed by atoms with Crippen molar-refractivity contribution in [1.82, 2.24) is 5.32 Å². The van der Waals surface area contributed by atoms with Crippen molar-refractivity contribution in [2.24, 2.45) is 0 Å². The van der Waals surface area contributed by atoms with Crippen LogP contribution in [0.4, 0.5) is 5.69 Å². The summed E-state index contributed by atoms with van der Waals surface area (Å²) in [5, 5.41) is 3.12. The third-order valence-corrected chi connectivity index (χ3v) is 8.93. The number of carbonyl (C=O) groups excluding carboxylic acids is 1. The molecule has 6 nitrogen and oxygen atoms in total. The predicted octanol–water partition coefficient (Wildman–Crippen LogP) is 5.10. The Morgan fingerprint density at radius 3 is 2.50 bits per heavy atom. The number of hydrogen-bond acceptors (Lipinski definition) is 4. The fourth-order valence-corrected chi connectivity index (χ4v) is 6.54. The van der Waals surface area contributed by atoms with Gasteiger partial charge in [-0.2, -0.15) is 0 Å². The van der Waals surface area contributed by atoms with Crippen molar-refractivity contribution < 1.29 is 17.9 Å². The molecule has 36 heavy (non-hydrogen) atoms. The Morgan fingerprint density at radius 2 is 1.75 bits per heavy atom. The summed E-state index contributed by atoms with van der Waals surface area (Å²) in [7, 11) is -3.88. The third-order valence-electron chi connectivity index (χ3n) is 7.14. The van der Waals surface area contributed by atoms with Gasteiger partial charge in [0.15, 0.2) is 6.10 Å². The zero-order valence-corrected chi connectivity index (χ0v) is 21.6. The number of benzene rings is 3. The Labute approximate surface area is 213 Å². The molecule has 0 unspecified atom stereocenters. The van der Waals surface area contributed by atoms with E-state index in [2.05, 4.69) is 23.5 Å². The van der Waals surface area contributed by atoms with Crippen molar-refractivity contribution in [3.63, 3.8) is 0 Å². The second-order valence-corrected chi connectivity index (χ2v) is 11.5. The smallest absolute Gasteiger partial charge is 0.264 e. The number of sulfonamides is 1. The molecule has 3 aromatic carbocycles. The summed E-state index contributed by atoms with van der Waals surface area (Å²) in [4.78, 5) is 13.6. The molecule has 0 bridgehead atoms. The van der Waals surface area contributed by atoms with E-state index < -0.39 is 16.1 Å². The van der Waals surface area contributed by atoms with Crippen molar-refractivity contribution in [1.29, 1.82) is 0 Å². The van der Waals surface area contributed by atoms with Crippen LogP contribution in [0, 0.1) is 6.92 Å². The van der Waals surface area contributed by atoms with Gasteiger partial charge in [-0.1, -0.05) is 55.0 Å². The highest BCUT2D eigenvalue weighted by Crippen LogP contribution is 2.37. The van der Waals surface area contributed by atoms with Gasteiger partial charge in [0, 0.05) is 0 Å². The molecule has 0 aromatic heterocycles. The molecule has 188 valence electrons. The first-order valence-corrected chi connectivity index (χ1v) is 14.1. The summed E-state index contributed by atoms with van der Waals surface area (Å²) in [6.45, 7) is 3.85. The average molecular weight is 505 g/mol. The number of nitrogens with one attached hydrogen (secondary N) is 1. The van der Waals surface area contributed by atoms with Gasteiger partial charge in [0.25, 0.3) is 15.9 Å². The summed E-state index contributed by atoms with van der Waals surface area (Å²) >= 11 is 0. The first-order valence-electron chi connectivity index (χ1n) is 12.6. The lowest BCUT2D eigenvalue weighted by atomic mass is 9.88. The molecule has 1 aliphatic carbocycles. The van der Waals surface area contributed by atoms with E-state index in [0.29, 0.717) is 11.4 Å². The van der Waals surface area contributed by atoms with Crippen LogP contribution in [0.25, 0.3) is 0 Å². The molecule has 2 aliphatic rings. The summed E-state index contributed by atoms with van der Waals surface area (Å²) in [5.41, 5.74) is 5.25. The maximum absolute atomic E-state index is 13.6. The molecule has 1 N–H and O–H groups in total. The highest BCUT2D eigenvalue weighted by atomic mass is 32.2. The van der Waals surface area contributed by atoms with Gasteiger partial charge in [-0.05, 0) is 80.0 Å². The number of hydrogen-bond donors (Lipinski definition) is 1. The zero-order valence-electron chi connectivity index (χ0n) is 20.7. The molecular weight excluding hydrogens is 472 g/mol. The molecule has 7 heteroatoms. The lowest BCUT2D eigenvalue weighted by molar-refractivity contribution is -0.128. The number of carbonyl (C=O) groups is 1. The average Bonchev–Trinajstić information content (AvgIpc) is 2.90. The molecule has 0 radical (unpaired) electrons. The molecule has 1 aliphatic heterocycles. The van der Waals surface area contributed by atoms with Crippen LogP contribution in [-0.4, -0.2) is 27.0 Å². The van der Waals surface area contributed by atoms with Gasteiger partial charge in [0.2, 0.25) is 0 Å². The van der Waals surface area contributed by atoms with Crippen LogP contribution in [0.5, 0.6) is 5.75 Å². The standard InChI is InChI=1S/C29H32N2O4S/c1-3-25(23-15-14-21-8-4-5-9-22(21)18-23)30-29(32)28-19-31(26-10-6-7-11-27(26)35-28)36(33,34)24-16-12-20(2)13-17-24/h6-7,10-18,25,28H,3-5,8-9,19H2,1-2H3,(H,30,32)/t25-,28+/m0/s1. The third kappa shape index (κ3) is 4.72. The summed E-state index contributed by atoms with van der Waals surface area (Å²) in [5.74, 6) is 0.0552. The van der Waals surface area contributed by atoms with E-state index in [1.54, 1.807) is 48.5 Å². The van der Waals surface area contributed by atoms with E-state index in [9.17, 15) is 13.2 Å². The van der Waals surface area contributed by atoms with Gasteiger partial charge in [-0.25, -0.2) is 8.42 Å². The van der Waals surface area contributed by atoms with Gasteiger partial charge < -0.3 is 10.1 Å². The molecule has 0 saturated carbocycles. The predicted molar refractivity (Wildman–Crippen MR) is 141 cm³/mol. The van der Waals surface area contributed by atoms with E-state index in [0.717, 1.165) is 30.4 Å². The second kappa shape index (κ2) is 9.97. The monoisotopic (exact) mass is 504 g/mol. The molecule has 5 rings (SSSR count). The fraction of sp³-hybridized carbons (Fsp3) is 0.345. The molecule has 0 fully saturated rings. The Kier molecular flexibility index (Phi) is 6.75. The van der Waals surface area contributed by atoms with E-state index in [1.165, 1.54) is 28.3 Å². The Bertz CT molecular complexity index is 1370. The van der Waals surface area contributed by atoms with E-state index >= 15 is 0 Å². The summed E-state index contributed by atoms with van der Waals surface area (Å²) in [6.07, 6.45) is 4.36. The van der Waals surface area contributed by atoms with Gasteiger partial charge in [0.05, 0.1) is 23.2 Å². The molecule has 0 spiro atoms. The number of aryl methyl sites for hydroxylation is 3. The van der Waals surface area contributed by atoms with Crippen LogP contribution in [-0.2, 0) is 27.7 Å². The lowest BCUT2D eigenvalue weighted by Crippen LogP contribution is -2.51. The first kappa shape index (κ1) is 24.4. The van der Waals surface area contributed by atoms with Crippen LogP contribution in [0.2, 0.25) is 0 Å². The number of amides is 1. The number of fused-ring (bicyclic) bond motifs is 2. The van der Waals surface area contributed by atoms with Crippen molar-refractivity contribution in [3.8, 4) is 5.75 Å². The number of ether oxygens (including phenoxy) is 1. The topological polar surface area (TPSA) is 75.7 Å². The number of rotatable bonds is 6. The molecule has 0 saturated heterocycles. The largest absolute Gasteiger partial charge is 0.476 e. The Balaban J connectivity index is 1.40. The van der Waals surface area contributed by atoms with Crippen LogP contribution in [0.3, 0.4) is 0 Å². The van der Waals surface area contributed by atoms with E-state index in [1.807, 2.05) is 13.8 Å². The lowest BCUT2D eigenvalue weighted by Gasteiger charge is -2.35. The molecule has 2 atom stereocenters. The molecular formula is C29H32N2O4S. The molecule has 1 heterocycles. The van der Waals surface area contributed by atoms with Crippen LogP contribution in [0.1, 0.15) is 54.5 Å². The quantitative estimate of drug-likeness (QED) is 0.507. The molecule has 3 aromatic rings. The van der Waals surface area contributed by atoms with E-state index in [4.69, 9.17) is 4.74 Å². The minimum atomic E-state index is -3.88. The SMILES string of the molecule is CC[C@H](NC(=O)[C@H]1CN(S(=O)(=O)c2ccc(C)cc2)c2ccccc2O1)c1ccc2c(c1)CCCC2. The Morgan fingerprint density at radius 1 is 1.03 bits per heavy atom. The minimum absolute atomic E-state index is 0.0975. The van der Waals surface area contributed by atoms with Gasteiger partial charge in [-0.15, -0.1) is 0 Å². The number of para-hydroxylation sites is 2. The summed E-state index contributed by atoms with van der Waals surface area (Å²) < 4.78 is 34.5.